The van der Waals surface area contributed by atoms with E-state index >= 15 is 0 Å². The van der Waals surface area contributed by atoms with Crippen LogP contribution >= 0.6 is 0 Å². The van der Waals surface area contributed by atoms with Crippen LogP contribution in [0.1, 0.15) is 49.9 Å². The zero-order valence-corrected chi connectivity index (χ0v) is 14.6. The van der Waals surface area contributed by atoms with Crippen LogP contribution in [0.15, 0.2) is 29.3 Å². The van der Waals surface area contributed by atoms with Gasteiger partial charge in [0.15, 0.2) is 11.5 Å². The van der Waals surface area contributed by atoms with Gasteiger partial charge in [-0.05, 0) is 56.9 Å². The smallest absolute Gasteiger partial charge is 0.251 e. The van der Waals surface area contributed by atoms with Gasteiger partial charge in [0.05, 0.1) is 13.2 Å². The lowest BCUT2D eigenvalue weighted by Gasteiger charge is -2.28. The van der Waals surface area contributed by atoms with Crippen LogP contribution in [0.3, 0.4) is 0 Å². The minimum Gasteiger partial charge on any atom is -0.493 e. The lowest BCUT2D eigenvalue weighted by atomic mass is 9.87. The number of ether oxygens (including phenoxy) is 2. The average molecular weight is 327 g/mol. The number of carbonyl (C=O) groups is 1. The predicted molar refractivity (Wildman–Crippen MR) is 95.4 cm³/mol. The lowest BCUT2D eigenvalue weighted by molar-refractivity contribution is 0.0937. The van der Waals surface area contributed by atoms with Crippen LogP contribution in [0.2, 0.25) is 0 Å². The van der Waals surface area contributed by atoms with Crippen LogP contribution in [0.25, 0.3) is 0 Å². The van der Waals surface area contributed by atoms with Gasteiger partial charge in [-0.1, -0.05) is 17.9 Å². The van der Waals surface area contributed by atoms with Crippen LogP contribution in [0, 0.1) is 12.3 Å². The molecule has 1 unspecified atom stereocenters. The number of rotatable bonds is 5. The maximum absolute atomic E-state index is 12.6. The molecule has 1 N–H and O–H groups in total. The third-order valence-corrected chi connectivity index (χ3v) is 4.29. The molecule has 4 nitrogen and oxygen atoms in total. The monoisotopic (exact) mass is 327 g/mol. The number of hydrogen-bond donors (Lipinski definition) is 1. The van der Waals surface area contributed by atoms with Crippen molar-refractivity contribution in [1.82, 2.24) is 5.32 Å². The van der Waals surface area contributed by atoms with Crippen molar-refractivity contribution in [2.75, 3.05) is 13.7 Å². The molecule has 4 heteroatoms. The number of nitrogens with one attached hydrogen (secondary N) is 1. The second kappa shape index (κ2) is 8.44. The predicted octanol–water partition coefficient (Wildman–Crippen LogP) is 3.72. The molecule has 0 aromatic heterocycles. The minimum atomic E-state index is -0.0950. The average Bonchev–Trinajstić information content (AvgIpc) is 2.60. The summed E-state index contributed by atoms with van der Waals surface area (Å²) in [6, 6.07) is 5.26. The van der Waals surface area contributed by atoms with E-state index in [0.29, 0.717) is 17.1 Å². The fraction of sp³-hybridized carbons (Fsp3) is 0.450. The van der Waals surface area contributed by atoms with E-state index in [1.54, 1.807) is 25.3 Å². The standard InChI is InChI=1S/C20H25NO3/c1-5-12-24-18-11-10-15(13-19(18)23-4)20(22)21-17-9-7-6-8-16(17)14(2)3/h1,10-11,13,17H,6-9,12H2,2-4H3,(H,21,22). The molecule has 128 valence electrons. The van der Waals surface area contributed by atoms with Crippen LogP contribution in [-0.2, 0) is 0 Å². The van der Waals surface area contributed by atoms with Crippen LogP contribution in [0.5, 0.6) is 11.5 Å². The Labute approximate surface area is 144 Å². The number of methoxy groups -OCH3 is 1. The molecule has 1 saturated carbocycles. The zero-order valence-electron chi connectivity index (χ0n) is 14.6. The third kappa shape index (κ3) is 4.32. The van der Waals surface area contributed by atoms with Crippen molar-refractivity contribution in [1.29, 1.82) is 0 Å². The molecule has 1 atom stereocenters. The summed E-state index contributed by atoms with van der Waals surface area (Å²) in [7, 11) is 1.54. The largest absolute Gasteiger partial charge is 0.493 e. The van der Waals surface area contributed by atoms with Crippen LogP contribution < -0.4 is 14.8 Å². The van der Waals surface area contributed by atoms with Crippen molar-refractivity contribution in [2.24, 2.45) is 0 Å². The molecular formula is C20H25NO3. The molecule has 0 heterocycles. The Morgan fingerprint density at radius 1 is 1.33 bits per heavy atom. The highest BCUT2D eigenvalue weighted by molar-refractivity contribution is 5.95. The van der Waals surface area contributed by atoms with Gasteiger partial charge in [-0.2, -0.15) is 0 Å². The normalized spacial score (nSPS) is 16.9. The molecule has 0 saturated heterocycles. The minimum absolute atomic E-state index is 0.0950. The first-order valence-electron chi connectivity index (χ1n) is 8.28. The molecule has 1 aliphatic carbocycles. The highest BCUT2D eigenvalue weighted by Gasteiger charge is 2.22. The van der Waals surface area contributed by atoms with E-state index in [1.165, 1.54) is 17.6 Å². The molecule has 1 aromatic carbocycles. The maximum atomic E-state index is 12.6. The second-order valence-electron chi connectivity index (χ2n) is 6.16. The number of allylic oxidation sites excluding steroid dienone is 1. The molecule has 0 spiro atoms. The van der Waals surface area contributed by atoms with E-state index in [9.17, 15) is 4.79 Å². The topological polar surface area (TPSA) is 47.6 Å². The van der Waals surface area contributed by atoms with Crippen LogP contribution in [0.4, 0.5) is 0 Å². The Bertz CT molecular complexity index is 666. The van der Waals surface area contributed by atoms with E-state index in [1.807, 2.05) is 0 Å². The van der Waals surface area contributed by atoms with E-state index in [0.717, 1.165) is 19.3 Å². The number of terminal acetylenes is 1. The molecule has 0 aliphatic heterocycles. The van der Waals surface area contributed by atoms with E-state index < -0.39 is 0 Å². The van der Waals surface area contributed by atoms with Gasteiger partial charge < -0.3 is 14.8 Å². The lowest BCUT2D eigenvalue weighted by Crippen LogP contribution is -2.38. The summed E-state index contributed by atoms with van der Waals surface area (Å²) in [5.41, 5.74) is 3.21. The highest BCUT2D eigenvalue weighted by atomic mass is 16.5. The van der Waals surface area contributed by atoms with Gasteiger partial charge in [-0.3, -0.25) is 4.79 Å². The van der Waals surface area contributed by atoms with Gasteiger partial charge >= 0.3 is 0 Å². The number of carbonyl (C=O) groups excluding carboxylic acids is 1. The molecule has 1 fully saturated rings. The van der Waals surface area contributed by atoms with Crippen molar-refractivity contribution < 1.29 is 14.3 Å². The van der Waals surface area contributed by atoms with Crippen LogP contribution in [-0.4, -0.2) is 25.7 Å². The van der Waals surface area contributed by atoms with Gasteiger partial charge in [0.1, 0.15) is 6.61 Å². The third-order valence-electron chi connectivity index (χ3n) is 4.29. The highest BCUT2D eigenvalue weighted by Crippen LogP contribution is 2.29. The van der Waals surface area contributed by atoms with Gasteiger partial charge in [0, 0.05) is 5.56 Å². The van der Waals surface area contributed by atoms with Gasteiger partial charge in [-0.15, -0.1) is 6.42 Å². The van der Waals surface area contributed by atoms with E-state index in [-0.39, 0.29) is 18.6 Å². The second-order valence-corrected chi connectivity index (χ2v) is 6.16. The fourth-order valence-corrected chi connectivity index (χ4v) is 3.06. The summed E-state index contributed by atoms with van der Waals surface area (Å²) in [5.74, 6) is 3.36. The molecule has 2 rings (SSSR count). The molecule has 1 amide bonds. The van der Waals surface area contributed by atoms with Gasteiger partial charge in [-0.25, -0.2) is 0 Å². The molecule has 1 aromatic rings. The molecule has 0 bridgehead atoms. The van der Waals surface area contributed by atoms with Crippen molar-refractivity contribution in [3.8, 4) is 23.8 Å². The first-order chi connectivity index (χ1) is 11.6. The van der Waals surface area contributed by atoms with E-state index in [4.69, 9.17) is 15.9 Å². The van der Waals surface area contributed by atoms with Crippen molar-refractivity contribution in [3.63, 3.8) is 0 Å². The first-order valence-corrected chi connectivity index (χ1v) is 8.28. The first kappa shape index (κ1) is 17.9. The van der Waals surface area contributed by atoms with Gasteiger partial charge in [0.25, 0.3) is 5.91 Å². The van der Waals surface area contributed by atoms with Crippen molar-refractivity contribution in [3.05, 3.63) is 34.9 Å². The Morgan fingerprint density at radius 3 is 2.79 bits per heavy atom. The Morgan fingerprint density at radius 2 is 2.12 bits per heavy atom. The summed E-state index contributed by atoms with van der Waals surface area (Å²) >= 11 is 0. The fourth-order valence-electron chi connectivity index (χ4n) is 3.06. The molecule has 24 heavy (non-hydrogen) atoms. The molecule has 0 radical (unpaired) electrons. The SMILES string of the molecule is C#CCOc1ccc(C(=O)NC2CCCCC2=C(C)C)cc1OC. The quantitative estimate of drug-likeness (QED) is 0.662. The Balaban J connectivity index is 2.14. The summed E-state index contributed by atoms with van der Waals surface area (Å²) in [6.07, 6.45) is 9.60. The summed E-state index contributed by atoms with van der Waals surface area (Å²) < 4.78 is 10.7. The molecular weight excluding hydrogens is 302 g/mol. The summed E-state index contributed by atoms with van der Waals surface area (Å²) in [4.78, 5) is 12.6. The van der Waals surface area contributed by atoms with Gasteiger partial charge in [0.2, 0.25) is 0 Å². The Kier molecular flexibility index (Phi) is 6.31. The summed E-state index contributed by atoms with van der Waals surface area (Å²) in [6.45, 7) is 4.38. The number of hydrogen-bond acceptors (Lipinski definition) is 3. The van der Waals surface area contributed by atoms with Crippen molar-refractivity contribution >= 4 is 5.91 Å². The molecule has 1 aliphatic rings. The zero-order chi connectivity index (χ0) is 17.5. The maximum Gasteiger partial charge on any atom is 0.251 e. The van der Waals surface area contributed by atoms with E-state index in [2.05, 4.69) is 25.1 Å². The number of benzene rings is 1. The van der Waals surface area contributed by atoms with Crippen molar-refractivity contribution in [2.45, 2.75) is 45.6 Å². The summed E-state index contributed by atoms with van der Waals surface area (Å²) in [5, 5.41) is 3.16. The number of amides is 1. The Hall–Kier alpha value is -2.41.